The number of H-pyrrole nitrogens is 1. The zero-order valence-electron chi connectivity index (χ0n) is 11.6. The third-order valence-electron chi connectivity index (χ3n) is 4.20. The summed E-state index contributed by atoms with van der Waals surface area (Å²) in [5.74, 6) is 0.138. The zero-order chi connectivity index (χ0) is 14.2. The molecule has 1 saturated heterocycles. The van der Waals surface area contributed by atoms with Crippen molar-refractivity contribution in [1.82, 2.24) is 9.88 Å². The molecule has 4 rings (SSSR count). The van der Waals surface area contributed by atoms with Gasteiger partial charge in [0.2, 0.25) is 0 Å². The highest BCUT2D eigenvalue weighted by molar-refractivity contribution is 7.10. The van der Waals surface area contributed by atoms with Gasteiger partial charge in [0.05, 0.1) is 17.1 Å². The Morgan fingerprint density at radius 1 is 1.24 bits per heavy atom. The van der Waals surface area contributed by atoms with Crippen molar-refractivity contribution in [2.45, 2.75) is 18.9 Å². The second kappa shape index (κ2) is 5.04. The van der Waals surface area contributed by atoms with Crippen LogP contribution >= 0.6 is 11.3 Å². The Morgan fingerprint density at radius 3 is 3.05 bits per heavy atom. The largest absolute Gasteiger partial charge is 0.361 e. The zero-order valence-corrected chi connectivity index (χ0v) is 12.4. The summed E-state index contributed by atoms with van der Waals surface area (Å²) in [6.45, 7) is 0.846. The van der Waals surface area contributed by atoms with E-state index in [-0.39, 0.29) is 11.9 Å². The molecule has 1 aliphatic heterocycles. The first-order chi connectivity index (χ1) is 10.3. The van der Waals surface area contributed by atoms with Gasteiger partial charge in [-0.15, -0.1) is 11.3 Å². The maximum Gasteiger partial charge on any atom is 0.256 e. The molecule has 1 atom stereocenters. The third-order valence-corrected chi connectivity index (χ3v) is 5.18. The smallest absolute Gasteiger partial charge is 0.256 e. The minimum Gasteiger partial charge on any atom is -0.361 e. The van der Waals surface area contributed by atoms with E-state index in [4.69, 9.17) is 0 Å². The van der Waals surface area contributed by atoms with E-state index in [1.54, 1.807) is 11.3 Å². The van der Waals surface area contributed by atoms with Gasteiger partial charge in [0.25, 0.3) is 5.91 Å². The number of hydrogen-bond donors (Lipinski definition) is 1. The van der Waals surface area contributed by atoms with Crippen LogP contribution in [0.4, 0.5) is 0 Å². The number of amides is 1. The van der Waals surface area contributed by atoms with Crippen molar-refractivity contribution in [3.05, 3.63) is 58.4 Å². The Morgan fingerprint density at radius 2 is 2.19 bits per heavy atom. The average Bonchev–Trinajstić information content (AvgIpc) is 3.23. The fourth-order valence-electron chi connectivity index (χ4n) is 3.20. The van der Waals surface area contributed by atoms with Gasteiger partial charge in [0.1, 0.15) is 0 Å². The number of nitrogens with one attached hydrogen (secondary N) is 1. The number of thiophene rings is 1. The Kier molecular flexibility index (Phi) is 3.04. The number of aromatic amines is 1. The number of nitrogens with zero attached hydrogens (tertiary/aromatic N) is 1. The number of rotatable bonds is 2. The highest BCUT2D eigenvalue weighted by atomic mass is 32.1. The minimum atomic E-state index is 0.138. The van der Waals surface area contributed by atoms with Gasteiger partial charge in [-0.3, -0.25) is 4.79 Å². The van der Waals surface area contributed by atoms with Crippen molar-refractivity contribution in [2.75, 3.05) is 6.54 Å². The van der Waals surface area contributed by atoms with E-state index in [1.807, 2.05) is 35.4 Å². The first-order valence-electron chi connectivity index (χ1n) is 7.25. The van der Waals surface area contributed by atoms with Crippen molar-refractivity contribution in [3.8, 4) is 0 Å². The van der Waals surface area contributed by atoms with Crippen LogP contribution in [0.2, 0.25) is 0 Å². The molecular formula is C17H16N2OS. The number of likely N-dealkylation sites (tertiary alicyclic amines) is 1. The number of para-hydroxylation sites is 1. The first-order valence-corrected chi connectivity index (χ1v) is 8.13. The summed E-state index contributed by atoms with van der Waals surface area (Å²) in [6, 6.07) is 12.4. The van der Waals surface area contributed by atoms with Crippen molar-refractivity contribution in [1.29, 1.82) is 0 Å². The van der Waals surface area contributed by atoms with Gasteiger partial charge in [-0.2, -0.15) is 0 Å². The van der Waals surface area contributed by atoms with Crippen LogP contribution in [0, 0.1) is 0 Å². The molecule has 1 aliphatic rings. The van der Waals surface area contributed by atoms with Gasteiger partial charge in [-0.05, 0) is 36.4 Å². The quantitative estimate of drug-likeness (QED) is 0.755. The number of hydrogen-bond acceptors (Lipinski definition) is 2. The Labute approximate surface area is 127 Å². The molecule has 0 saturated carbocycles. The molecule has 0 aliphatic carbocycles. The Balaban J connectivity index is 1.72. The molecule has 1 amide bonds. The van der Waals surface area contributed by atoms with E-state index in [0.717, 1.165) is 35.9 Å². The van der Waals surface area contributed by atoms with Crippen molar-refractivity contribution in [3.63, 3.8) is 0 Å². The monoisotopic (exact) mass is 296 g/mol. The van der Waals surface area contributed by atoms with Gasteiger partial charge >= 0.3 is 0 Å². The van der Waals surface area contributed by atoms with Crippen molar-refractivity contribution >= 4 is 28.1 Å². The highest BCUT2D eigenvalue weighted by Crippen LogP contribution is 2.36. The molecule has 4 heteroatoms. The van der Waals surface area contributed by atoms with Crippen LogP contribution in [0.15, 0.2) is 48.0 Å². The lowest BCUT2D eigenvalue weighted by molar-refractivity contribution is 0.0739. The number of carbonyl (C=O) groups is 1. The highest BCUT2D eigenvalue weighted by Gasteiger charge is 2.31. The van der Waals surface area contributed by atoms with E-state index in [9.17, 15) is 4.79 Å². The summed E-state index contributed by atoms with van der Waals surface area (Å²) >= 11 is 1.74. The van der Waals surface area contributed by atoms with Crippen molar-refractivity contribution in [2.24, 2.45) is 0 Å². The molecule has 106 valence electrons. The van der Waals surface area contributed by atoms with Crippen LogP contribution in [-0.2, 0) is 0 Å². The molecule has 1 N–H and O–H groups in total. The molecule has 1 aromatic carbocycles. The molecule has 3 heterocycles. The maximum absolute atomic E-state index is 13.0. The molecule has 0 spiro atoms. The average molecular weight is 296 g/mol. The number of aromatic nitrogens is 1. The number of benzene rings is 1. The second-order valence-electron chi connectivity index (χ2n) is 5.42. The summed E-state index contributed by atoms with van der Waals surface area (Å²) < 4.78 is 0. The first kappa shape index (κ1) is 12.7. The summed E-state index contributed by atoms with van der Waals surface area (Å²) in [5, 5.41) is 3.18. The lowest BCUT2D eigenvalue weighted by Gasteiger charge is -2.24. The van der Waals surface area contributed by atoms with E-state index >= 15 is 0 Å². The molecule has 1 fully saturated rings. The van der Waals surface area contributed by atoms with Crippen LogP contribution in [0.5, 0.6) is 0 Å². The molecule has 21 heavy (non-hydrogen) atoms. The normalized spacial score (nSPS) is 18.5. The van der Waals surface area contributed by atoms with E-state index in [2.05, 4.69) is 22.5 Å². The summed E-state index contributed by atoms with van der Waals surface area (Å²) in [7, 11) is 0. The number of carbonyl (C=O) groups excluding carboxylic acids is 1. The maximum atomic E-state index is 13.0. The van der Waals surface area contributed by atoms with Gasteiger partial charge in [-0.25, -0.2) is 0 Å². The van der Waals surface area contributed by atoms with Crippen LogP contribution in [0.25, 0.3) is 10.9 Å². The standard InChI is InChI=1S/C17H16N2OS/c20-17(13-5-1-4-12-8-9-18-16(12)13)19-10-2-6-14(19)15-7-3-11-21-15/h1,3-5,7-9,11,14,18H,2,6,10H2. The van der Waals surface area contributed by atoms with Gasteiger partial charge in [0.15, 0.2) is 0 Å². The van der Waals surface area contributed by atoms with Crippen LogP contribution in [-0.4, -0.2) is 22.3 Å². The lowest BCUT2D eigenvalue weighted by Crippen LogP contribution is -2.30. The van der Waals surface area contributed by atoms with E-state index < -0.39 is 0 Å². The predicted molar refractivity (Wildman–Crippen MR) is 85.6 cm³/mol. The van der Waals surface area contributed by atoms with Crippen LogP contribution in [0.3, 0.4) is 0 Å². The van der Waals surface area contributed by atoms with Gasteiger partial charge in [-0.1, -0.05) is 18.2 Å². The topological polar surface area (TPSA) is 36.1 Å². The third kappa shape index (κ3) is 2.07. The lowest BCUT2D eigenvalue weighted by atomic mass is 10.1. The second-order valence-corrected chi connectivity index (χ2v) is 6.40. The molecule has 2 aromatic heterocycles. The van der Waals surface area contributed by atoms with Crippen molar-refractivity contribution < 1.29 is 4.79 Å². The molecular weight excluding hydrogens is 280 g/mol. The minimum absolute atomic E-state index is 0.138. The molecule has 3 nitrogen and oxygen atoms in total. The summed E-state index contributed by atoms with van der Waals surface area (Å²) in [5.41, 5.74) is 1.72. The molecule has 0 bridgehead atoms. The van der Waals surface area contributed by atoms with E-state index in [1.165, 1.54) is 4.88 Å². The fraction of sp³-hybridized carbons (Fsp3) is 0.235. The van der Waals surface area contributed by atoms with Gasteiger partial charge in [0, 0.05) is 23.0 Å². The van der Waals surface area contributed by atoms with Crippen LogP contribution < -0.4 is 0 Å². The Bertz CT molecular complexity index is 775. The summed E-state index contributed by atoms with van der Waals surface area (Å²) in [4.78, 5) is 19.5. The van der Waals surface area contributed by atoms with Crippen LogP contribution in [0.1, 0.15) is 34.1 Å². The summed E-state index contributed by atoms with van der Waals surface area (Å²) in [6.07, 6.45) is 4.03. The fourth-order valence-corrected chi connectivity index (χ4v) is 4.08. The molecule has 3 aromatic rings. The Hall–Kier alpha value is -2.07. The van der Waals surface area contributed by atoms with E-state index in [0.29, 0.717) is 0 Å². The van der Waals surface area contributed by atoms with Gasteiger partial charge < -0.3 is 9.88 Å². The predicted octanol–water partition coefficient (Wildman–Crippen LogP) is 4.21. The molecule has 1 unspecified atom stereocenters. The SMILES string of the molecule is O=C(c1cccc2cc[nH]c12)N1CCCC1c1cccs1. The molecule has 0 radical (unpaired) electrons. The number of fused-ring (bicyclic) bond motifs is 1.